The Hall–Kier alpha value is -0.240. The lowest BCUT2D eigenvalue weighted by Crippen LogP contribution is -2.21. The van der Waals surface area contributed by atoms with Gasteiger partial charge in [-0.3, -0.25) is 9.59 Å². The van der Waals surface area contributed by atoms with Crippen molar-refractivity contribution in [1.82, 2.24) is 0 Å². The summed E-state index contributed by atoms with van der Waals surface area (Å²) >= 11 is 9.72. The number of carboxylic acid groups (broad SMARTS) is 1. The van der Waals surface area contributed by atoms with Crippen molar-refractivity contribution in [3.05, 3.63) is 34.3 Å². The highest BCUT2D eigenvalue weighted by molar-refractivity contribution is 9.10. The number of benzene rings is 1. The number of hydrogen-bond acceptors (Lipinski definition) is 6. The third kappa shape index (κ3) is 8.33. The maximum absolute atomic E-state index is 12.4. The fourth-order valence-corrected chi connectivity index (χ4v) is 8.80. The van der Waals surface area contributed by atoms with Gasteiger partial charge in [-0.05, 0) is 51.6 Å². The number of halogens is 1. The predicted molar refractivity (Wildman–Crippen MR) is 109 cm³/mol. The summed E-state index contributed by atoms with van der Waals surface area (Å²) in [6, 6.07) is 6.85. The SMILES string of the molecule is CC(C)OP(=S)(OC(C)C)SC(CC(=O)c1cccc(Br)c1)C(=O)O. The Morgan fingerprint density at radius 1 is 1.24 bits per heavy atom. The molecule has 0 fully saturated rings. The number of rotatable bonds is 10. The van der Waals surface area contributed by atoms with E-state index in [1.54, 1.807) is 24.3 Å². The van der Waals surface area contributed by atoms with Crippen molar-refractivity contribution in [3.63, 3.8) is 0 Å². The average molecular weight is 469 g/mol. The molecule has 1 rings (SSSR count). The Morgan fingerprint density at radius 2 is 1.80 bits per heavy atom. The summed E-state index contributed by atoms with van der Waals surface area (Å²) in [6.45, 7) is 7.25. The number of carboxylic acids is 1. The molecule has 0 saturated heterocycles. The topological polar surface area (TPSA) is 72.8 Å². The first-order valence-electron chi connectivity index (χ1n) is 7.69. The molecule has 0 radical (unpaired) electrons. The Balaban J connectivity index is 2.96. The molecule has 0 aliphatic rings. The molecule has 1 aromatic rings. The lowest BCUT2D eigenvalue weighted by atomic mass is 10.1. The molecule has 0 aliphatic heterocycles. The van der Waals surface area contributed by atoms with Crippen molar-refractivity contribution >= 4 is 56.6 Å². The minimum atomic E-state index is -2.89. The Labute approximate surface area is 165 Å². The van der Waals surface area contributed by atoms with Gasteiger partial charge in [0.25, 0.3) is 0 Å². The van der Waals surface area contributed by atoms with E-state index in [1.807, 2.05) is 27.7 Å². The largest absolute Gasteiger partial charge is 0.480 e. The van der Waals surface area contributed by atoms with E-state index < -0.39 is 16.9 Å². The Bertz CT molecular complexity index is 652. The third-order valence-electron chi connectivity index (χ3n) is 2.73. The highest BCUT2D eigenvalue weighted by Crippen LogP contribution is 2.64. The second-order valence-corrected chi connectivity index (χ2v) is 13.0. The molecule has 9 heteroatoms. The van der Waals surface area contributed by atoms with Crippen LogP contribution in [0.2, 0.25) is 0 Å². The summed E-state index contributed by atoms with van der Waals surface area (Å²) in [6.07, 6.45) is -0.586. The van der Waals surface area contributed by atoms with E-state index in [4.69, 9.17) is 20.9 Å². The van der Waals surface area contributed by atoms with E-state index in [9.17, 15) is 14.7 Å². The van der Waals surface area contributed by atoms with Crippen LogP contribution < -0.4 is 0 Å². The minimum absolute atomic E-state index is 0.183. The third-order valence-corrected chi connectivity index (χ3v) is 8.81. The van der Waals surface area contributed by atoms with Crippen molar-refractivity contribution in [2.24, 2.45) is 0 Å². The van der Waals surface area contributed by atoms with Crippen molar-refractivity contribution in [2.45, 2.75) is 51.6 Å². The average Bonchev–Trinajstić information content (AvgIpc) is 2.44. The van der Waals surface area contributed by atoms with Crippen molar-refractivity contribution in [3.8, 4) is 0 Å². The number of aliphatic carboxylic acids is 1. The number of hydrogen-bond donors (Lipinski definition) is 1. The van der Waals surface area contributed by atoms with Crippen LogP contribution >= 0.6 is 33.0 Å². The molecule has 0 saturated carbocycles. The van der Waals surface area contributed by atoms with E-state index in [0.717, 1.165) is 15.9 Å². The molecule has 1 N–H and O–H groups in total. The Morgan fingerprint density at radius 3 is 2.24 bits per heavy atom. The maximum Gasteiger partial charge on any atom is 0.317 e. The molecule has 1 unspecified atom stereocenters. The molecular formula is C16H22BrO5PS2. The molecule has 0 bridgehead atoms. The second-order valence-electron chi connectivity index (χ2n) is 5.83. The molecule has 5 nitrogen and oxygen atoms in total. The molecule has 0 heterocycles. The second kappa shape index (κ2) is 10.2. The molecule has 0 aromatic heterocycles. The molecular weight excluding hydrogens is 447 g/mol. The monoisotopic (exact) mass is 468 g/mol. The molecule has 0 amide bonds. The van der Waals surface area contributed by atoms with E-state index in [0.29, 0.717) is 5.56 Å². The van der Waals surface area contributed by atoms with Gasteiger partial charge in [-0.15, -0.1) is 0 Å². The highest BCUT2D eigenvalue weighted by atomic mass is 79.9. The summed E-state index contributed by atoms with van der Waals surface area (Å²) in [7, 11) is 0. The van der Waals surface area contributed by atoms with E-state index in [1.165, 1.54) is 0 Å². The quantitative estimate of drug-likeness (QED) is 0.369. The zero-order chi connectivity index (χ0) is 19.2. The number of ketones is 1. The van der Waals surface area contributed by atoms with Crippen LogP contribution in [0.15, 0.2) is 28.7 Å². The summed E-state index contributed by atoms with van der Waals surface area (Å²) < 4.78 is 12.2. The van der Waals surface area contributed by atoms with Crippen LogP contribution in [0.4, 0.5) is 0 Å². The first-order valence-corrected chi connectivity index (χ1v) is 12.6. The summed E-state index contributed by atoms with van der Waals surface area (Å²) in [5.74, 6) is -1.38. The molecule has 1 aromatic carbocycles. The first-order chi connectivity index (χ1) is 11.5. The van der Waals surface area contributed by atoms with Gasteiger partial charge in [0.1, 0.15) is 5.25 Å². The molecule has 0 spiro atoms. The van der Waals surface area contributed by atoms with Gasteiger partial charge in [-0.1, -0.05) is 39.4 Å². The van der Waals surface area contributed by atoms with Gasteiger partial charge in [0.15, 0.2) is 5.78 Å². The molecule has 0 aliphatic carbocycles. The first kappa shape index (κ1) is 22.8. The van der Waals surface area contributed by atoms with Gasteiger partial charge < -0.3 is 14.2 Å². The van der Waals surface area contributed by atoms with Crippen molar-refractivity contribution in [1.29, 1.82) is 0 Å². The zero-order valence-electron chi connectivity index (χ0n) is 14.5. The predicted octanol–water partition coefficient (Wildman–Crippen LogP) is 5.28. The Kier molecular flexibility index (Phi) is 9.29. The van der Waals surface area contributed by atoms with Gasteiger partial charge in [0.2, 0.25) is 5.69 Å². The lowest BCUT2D eigenvalue weighted by Gasteiger charge is -2.27. The highest BCUT2D eigenvalue weighted by Gasteiger charge is 2.33. The summed E-state index contributed by atoms with van der Waals surface area (Å²) in [4.78, 5) is 24.1. The zero-order valence-corrected chi connectivity index (χ0v) is 18.6. The van der Waals surface area contributed by atoms with E-state index in [-0.39, 0.29) is 24.4 Å². The van der Waals surface area contributed by atoms with Crippen LogP contribution in [0.25, 0.3) is 0 Å². The van der Waals surface area contributed by atoms with Crippen molar-refractivity contribution in [2.75, 3.05) is 0 Å². The van der Waals surface area contributed by atoms with Crippen LogP contribution in [-0.2, 0) is 25.6 Å². The van der Waals surface area contributed by atoms with Gasteiger partial charge in [-0.25, -0.2) is 0 Å². The fourth-order valence-electron chi connectivity index (χ4n) is 1.86. The molecule has 25 heavy (non-hydrogen) atoms. The van der Waals surface area contributed by atoms with Crippen molar-refractivity contribution < 1.29 is 23.7 Å². The normalized spacial score (nSPS) is 13.2. The molecule has 1 atom stereocenters. The van der Waals surface area contributed by atoms with Crippen LogP contribution in [0.5, 0.6) is 0 Å². The van der Waals surface area contributed by atoms with Crippen LogP contribution in [0.3, 0.4) is 0 Å². The van der Waals surface area contributed by atoms with Crippen LogP contribution in [0, 0.1) is 0 Å². The van der Waals surface area contributed by atoms with Crippen LogP contribution in [0.1, 0.15) is 44.5 Å². The van der Waals surface area contributed by atoms with Gasteiger partial charge >= 0.3 is 5.97 Å². The standard InChI is InChI=1S/C16H22BrO5PS2/c1-10(2)21-23(24,22-11(3)4)25-15(16(19)20)9-14(18)12-6-5-7-13(17)8-12/h5-8,10-11,15H,9H2,1-4H3,(H,19,20). The van der Waals surface area contributed by atoms with E-state index in [2.05, 4.69) is 15.9 Å². The van der Waals surface area contributed by atoms with Crippen LogP contribution in [-0.4, -0.2) is 34.3 Å². The summed E-state index contributed by atoms with van der Waals surface area (Å²) in [5, 5.41) is 8.50. The number of carbonyl (C=O) groups is 2. The van der Waals surface area contributed by atoms with Gasteiger partial charge in [0, 0.05) is 16.5 Å². The lowest BCUT2D eigenvalue weighted by molar-refractivity contribution is -0.136. The fraction of sp³-hybridized carbons (Fsp3) is 0.500. The maximum atomic E-state index is 12.4. The van der Waals surface area contributed by atoms with Gasteiger partial charge in [-0.2, -0.15) is 0 Å². The summed E-state index contributed by atoms with van der Waals surface area (Å²) in [5.41, 5.74) is -2.44. The van der Waals surface area contributed by atoms with E-state index >= 15 is 0 Å². The number of carbonyl (C=O) groups excluding carboxylic acids is 1. The molecule has 140 valence electrons. The smallest absolute Gasteiger partial charge is 0.317 e. The van der Waals surface area contributed by atoms with Gasteiger partial charge in [0.05, 0.1) is 12.2 Å². The number of Topliss-reactive ketones (excluding diaryl/α,β-unsaturated/α-hetero) is 1. The minimum Gasteiger partial charge on any atom is -0.480 e.